The van der Waals surface area contributed by atoms with Gasteiger partial charge in [0, 0.05) is 12.6 Å². The Balaban J connectivity index is 2.17. The normalized spacial score (nSPS) is 20.2. The monoisotopic (exact) mass is 327 g/mol. The van der Waals surface area contributed by atoms with Crippen molar-refractivity contribution in [1.82, 2.24) is 4.90 Å². The summed E-state index contributed by atoms with van der Waals surface area (Å²) >= 11 is 3.38. The molecule has 0 spiro atoms. The van der Waals surface area contributed by atoms with Crippen molar-refractivity contribution in [1.29, 1.82) is 0 Å². The lowest BCUT2D eigenvalue weighted by Crippen LogP contribution is -2.32. The Morgan fingerprint density at radius 2 is 2.21 bits per heavy atom. The largest absolute Gasteiger partial charge is 0.503 e. The van der Waals surface area contributed by atoms with Gasteiger partial charge in [0.25, 0.3) is 0 Å². The summed E-state index contributed by atoms with van der Waals surface area (Å²) in [5, 5.41) is 9.84. The highest BCUT2D eigenvalue weighted by Crippen LogP contribution is 2.36. The van der Waals surface area contributed by atoms with Crippen molar-refractivity contribution in [3.05, 3.63) is 22.2 Å². The van der Waals surface area contributed by atoms with Crippen molar-refractivity contribution < 1.29 is 9.84 Å². The number of ether oxygens (including phenoxy) is 1. The molecular weight excluding hydrogens is 306 g/mol. The van der Waals surface area contributed by atoms with E-state index in [0.29, 0.717) is 22.2 Å². The Kier molecular flexibility index (Phi) is 4.74. The van der Waals surface area contributed by atoms with E-state index in [0.717, 1.165) is 13.1 Å². The number of hydrogen-bond acceptors (Lipinski definition) is 3. The maximum Gasteiger partial charge on any atom is 0.172 e. The van der Waals surface area contributed by atoms with Crippen molar-refractivity contribution in [2.75, 3.05) is 13.7 Å². The first-order valence-corrected chi connectivity index (χ1v) is 7.61. The van der Waals surface area contributed by atoms with Crippen LogP contribution >= 0.6 is 15.9 Å². The number of benzene rings is 1. The molecule has 1 fully saturated rings. The molecule has 0 aromatic heterocycles. The molecule has 1 aromatic rings. The lowest BCUT2D eigenvalue weighted by molar-refractivity contribution is 0.198. The molecule has 0 radical (unpaired) electrons. The zero-order chi connectivity index (χ0) is 14.0. The zero-order valence-corrected chi connectivity index (χ0v) is 13.4. The van der Waals surface area contributed by atoms with E-state index >= 15 is 0 Å². The average molecular weight is 328 g/mol. The number of hydrogen-bond donors (Lipinski definition) is 1. The molecule has 0 saturated carbocycles. The third-order valence-corrected chi connectivity index (χ3v) is 4.48. The second-order valence-electron chi connectivity index (χ2n) is 5.55. The Hall–Kier alpha value is -0.740. The fourth-order valence-electron chi connectivity index (χ4n) is 2.91. The summed E-state index contributed by atoms with van der Waals surface area (Å²) in [5.41, 5.74) is 1.18. The third kappa shape index (κ3) is 3.23. The molecule has 0 amide bonds. The van der Waals surface area contributed by atoms with E-state index in [1.165, 1.54) is 18.4 Å². The average Bonchev–Trinajstić information content (AvgIpc) is 2.81. The van der Waals surface area contributed by atoms with E-state index in [1.54, 1.807) is 7.11 Å². The molecule has 1 atom stereocenters. The Bertz CT molecular complexity index is 448. The molecule has 1 aromatic carbocycles. The molecule has 1 heterocycles. The number of aromatic hydroxyl groups is 1. The van der Waals surface area contributed by atoms with Gasteiger partial charge in [-0.1, -0.05) is 13.8 Å². The summed E-state index contributed by atoms with van der Waals surface area (Å²) in [5.74, 6) is 1.39. The Labute approximate surface area is 123 Å². The molecule has 0 bridgehead atoms. The van der Waals surface area contributed by atoms with Crippen LogP contribution in [0.5, 0.6) is 11.5 Å². The molecule has 106 valence electrons. The van der Waals surface area contributed by atoms with Gasteiger partial charge in [-0.15, -0.1) is 0 Å². The van der Waals surface area contributed by atoms with Crippen LogP contribution in [0.15, 0.2) is 16.6 Å². The van der Waals surface area contributed by atoms with Gasteiger partial charge in [-0.05, 0) is 58.9 Å². The van der Waals surface area contributed by atoms with Gasteiger partial charge in [-0.3, -0.25) is 4.90 Å². The van der Waals surface area contributed by atoms with E-state index < -0.39 is 0 Å². The minimum atomic E-state index is 0.174. The number of phenols is 1. The first-order chi connectivity index (χ1) is 9.02. The molecular formula is C15H22BrNO2. The SMILES string of the molecule is COc1cc(CN2CCCC2C(C)C)cc(Br)c1O. The van der Waals surface area contributed by atoms with Gasteiger partial charge in [0.05, 0.1) is 11.6 Å². The standard InChI is InChI=1S/C15H22BrNO2/c1-10(2)13-5-4-6-17(13)9-11-7-12(16)15(18)14(8-11)19-3/h7-8,10,13,18H,4-6,9H2,1-3H3. The van der Waals surface area contributed by atoms with Gasteiger partial charge >= 0.3 is 0 Å². The van der Waals surface area contributed by atoms with Gasteiger partial charge in [0.1, 0.15) is 0 Å². The number of rotatable bonds is 4. The molecule has 1 saturated heterocycles. The van der Waals surface area contributed by atoms with E-state index in [4.69, 9.17) is 4.74 Å². The van der Waals surface area contributed by atoms with Crippen LogP contribution in [-0.2, 0) is 6.54 Å². The van der Waals surface area contributed by atoms with Crippen molar-refractivity contribution in [3.63, 3.8) is 0 Å². The molecule has 4 heteroatoms. The molecule has 3 nitrogen and oxygen atoms in total. The summed E-state index contributed by atoms with van der Waals surface area (Å²) in [6.07, 6.45) is 2.56. The predicted octanol–water partition coefficient (Wildman–Crippen LogP) is 3.78. The summed E-state index contributed by atoms with van der Waals surface area (Å²) in [6.45, 7) is 6.65. The molecule has 1 aliphatic rings. The van der Waals surface area contributed by atoms with Crippen molar-refractivity contribution in [3.8, 4) is 11.5 Å². The van der Waals surface area contributed by atoms with E-state index in [1.807, 2.05) is 12.1 Å². The van der Waals surface area contributed by atoms with Crippen molar-refractivity contribution in [2.45, 2.75) is 39.3 Å². The quantitative estimate of drug-likeness (QED) is 0.913. The maximum atomic E-state index is 9.84. The second kappa shape index (κ2) is 6.14. The lowest BCUT2D eigenvalue weighted by atomic mass is 10.0. The highest BCUT2D eigenvalue weighted by atomic mass is 79.9. The predicted molar refractivity (Wildman–Crippen MR) is 80.6 cm³/mol. The van der Waals surface area contributed by atoms with Crippen LogP contribution in [0.2, 0.25) is 0 Å². The third-order valence-electron chi connectivity index (χ3n) is 3.88. The summed E-state index contributed by atoms with van der Waals surface area (Å²) in [7, 11) is 1.58. The summed E-state index contributed by atoms with van der Waals surface area (Å²) < 4.78 is 5.90. The first kappa shape index (κ1) is 14.7. The van der Waals surface area contributed by atoms with Gasteiger partial charge in [0.2, 0.25) is 0 Å². The topological polar surface area (TPSA) is 32.7 Å². The van der Waals surface area contributed by atoms with Crippen LogP contribution in [0, 0.1) is 5.92 Å². The highest BCUT2D eigenvalue weighted by Gasteiger charge is 2.27. The van der Waals surface area contributed by atoms with Crippen LogP contribution in [0.3, 0.4) is 0 Å². The van der Waals surface area contributed by atoms with Crippen LogP contribution in [0.1, 0.15) is 32.3 Å². The zero-order valence-electron chi connectivity index (χ0n) is 11.8. The van der Waals surface area contributed by atoms with Gasteiger partial charge in [-0.25, -0.2) is 0 Å². The van der Waals surface area contributed by atoms with E-state index in [9.17, 15) is 5.11 Å². The lowest BCUT2D eigenvalue weighted by Gasteiger charge is -2.27. The maximum absolute atomic E-state index is 9.84. The number of nitrogens with zero attached hydrogens (tertiary/aromatic N) is 1. The first-order valence-electron chi connectivity index (χ1n) is 6.82. The van der Waals surface area contributed by atoms with Crippen LogP contribution in [0.25, 0.3) is 0 Å². The van der Waals surface area contributed by atoms with Crippen molar-refractivity contribution in [2.24, 2.45) is 5.92 Å². The molecule has 1 aliphatic heterocycles. The fraction of sp³-hybridized carbons (Fsp3) is 0.600. The molecule has 1 N–H and O–H groups in total. The summed E-state index contributed by atoms with van der Waals surface area (Å²) in [4.78, 5) is 2.53. The molecule has 2 rings (SSSR count). The van der Waals surface area contributed by atoms with Crippen LogP contribution in [-0.4, -0.2) is 29.7 Å². The number of halogens is 1. The second-order valence-corrected chi connectivity index (χ2v) is 6.41. The minimum absolute atomic E-state index is 0.174. The highest BCUT2D eigenvalue weighted by molar-refractivity contribution is 9.10. The number of phenolic OH excluding ortho intramolecular Hbond substituents is 1. The van der Waals surface area contributed by atoms with E-state index in [2.05, 4.69) is 34.7 Å². The van der Waals surface area contributed by atoms with Gasteiger partial charge in [0.15, 0.2) is 11.5 Å². The number of methoxy groups -OCH3 is 1. The number of likely N-dealkylation sites (tertiary alicyclic amines) is 1. The summed E-state index contributed by atoms with van der Waals surface area (Å²) in [6, 6.07) is 4.57. The molecule has 0 aliphatic carbocycles. The Morgan fingerprint density at radius 3 is 2.84 bits per heavy atom. The minimum Gasteiger partial charge on any atom is -0.503 e. The van der Waals surface area contributed by atoms with E-state index in [-0.39, 0.29) is 5.75 Å². The van der Waals surface area contributed by atoms with Crippen LogP contribution in [0.4, 0.5) is 0 Å². The van der Waals surface area contributed by atoms with Gasteiger partial charge in [-0.2, -0.15) is 0 Å². The molecule has 1 unspecified atom stereocenters. The van der Waals surface area contributed by atoms with Crippen molar-refractivity contribution >= 4 is 15.9 Å². The fourth-order valence-corrected chi connectivity index (χ4v) is 3.40. The Morgan fingerprint density at radius 1 is 1.47 bits per heavy atom. The van der Waals surface area contributed by atoms with Gasteiger partial charge < -0.3 is 9.84 Å². The molecule has 19 heavy (non-hydrogen) atoms. The smallest absolute Gasteiger partial charge is 0.172 e. The van der Waals surface area contributed by atoms with Crippen LogP contribution < -0.4 is 4.74 Å².